The number of para-hydroxylation sites is 1. The lowest BCUT2D eigenvalue weighted by molar-refractivity contribution is -0.0215. The van der Waals surface area contributed by atoms with Crippen molar-refractivity contribution in [1.29, 1.82) is 5.41 Å². The lowest BCUT2D eigenvalue weighted by atomic mass is 10.1. The van der Waals surface area contributed by atoms with Crippen LogP contribution in [0, 0.1) is 5.41 Å². The van der Waals surface area contributed by atoms with Crippen molar-refractivity contribution in [3.63, 3.8) is 0 Å². The SMILES string of the molecule is N=C([C@H]1O[C@@H](n2cnc3c(N)ncnc32)C(O)C1O)S(=O)(=O)CC(O)c1ccccc1O. The molecule has 1 fully saturated rings. The number of aliphatic hydroxyl groups excluding tert-OH is 3. The van der Waals surface area contributed by atoms with Crippen LogP contribution in [0.1, 0.15) is 17.9 Å². The molecule has 0 radical (unpaired) electrons. The summed E-state index contributed by atoms with van der Waals surface area (Å²) in [6.45, 7) is 0. The lowest BCUT2D eigenvalue weighted by Gasteiger charge is -2.18. The van der Waals surface area contributed by atoms with Crippen LogP contribution >= 0.6 is 0 Å². The van der Waals surface area contributed by atoms with Crippen LogP contribution in [0.2, 0.25) is 0 Å². The van der Waals surface area contributed by atoms with Gasteiger partial charge in [-0.05, 0) is 6.07 Å². The van der Waals surface area contributed by atoms with Crippen molar-refractivity contribution in [3.8, 4) is 5.75 Å². The summed E-state index contributed by atoms with van der Waals surface area (Å²) in [7, 11) is -4.45. The molecule has 0 spiro atoms. The molecule has 1 aliphatic heterocycles. The molecule has 0 amide bonds. The van der Waals surface area contributed by atoms with Gasteiger partial charge < -0.3 is 30.9 Å². The van der Waals surface area contributed by atoms with Crippen molar-refractivity contribution in [2.24, 2.45) is 0 Å². The normalized spacial score (nSPS) is 24.6. The number of nitrogens with one attached hydrogen (secondary N) is 1. The van der Waals surface area contributed by atoms with Gasteiger partial charge in [-0.3, -0.25) is 9.98 Å². The number of aromatic nitrogens is 4. The van der Waals surface area contributed by atoms with E-state index in [9.17, 15) is 28.8 Å². The summed E-state index contributed by atoms with van der Waals surface area (Å²) in [5.74, 6) is -1.16. The maximum absolute atomic E-state index is 12.7. The highest BCUT2D eigenvalue weighted by Gasteiger charge is 2.49. The first-order valence-electron chi connectivity index (χ1n) is 9.33. The van der Waals surface area contributed by atoms with E-state index in [0.29, 0.717) is 0 Å². The van der Waals surface area contributed by atoms with Gasteiger partial charge in [-0.15, -0.1) is 0 Å². The number of sulfone groups is 1. The first-order valence-corrected chi connectivity index (χ1v) is 11.0. The summed E-state index contributed by atoms with van der Waals surface area (Å²) < 4.78 is 32.2. The van der Waals surface area contributed by atoms with Gasteiger partial charge in [-0.25, -0.2) is 23.4 Å². The van der Waals surface area contributed by atoms with Gasteiger partial charge in [-0.2, -0.15) is 0 Å². The summed E-state index contributed by atoms with van der Waals surface area (Å²) in [5.41, 5.74) is 6.10. The van der Waals surface area contributed by atoms with Crippen LogP contribution in [0.25, 0.3) is 11.2 Å². The molecular weight excluding hydrogens is 444 g/mol. The molecule has 13 nitrogen and oxygen atoms in total. The van der Waals surface area contributed by atoms with Crippen LogP contribution in [-0.4, -0.2) is 77.5 Å². The molecule has 3 aromatic rings. The Kier molecular flexibility index (Phi) is 5.56. The number of benzene rings is 1. The maximum Gasteiger partial charge on any atom is 0.196 e. The molecule has 3 unspecified atom stereocenters. The molecule has 3 heterocycles. The minimum absolute atomic E-state index is 0.0307. The molecule has 0 saturated carbocycles. The van der Waals surface area contributed by atoms with Gasteiger partial charge in [0, 0.05) is 5.56 Å². The minimum Gasteiger partial charge on any atom is -0.508 e. The fraction of sp³-hybridized carbons (Fsp3) is 0.333. The number of fused-ring (bicyclic) bond motifs is 1. The van der Waals surface area contributed by atoms with Gasteiger partial charge in [0.15, 0.2) is 32.6 Å². The topological polar surface area (TPSA) is 218 Å². The van der Waals surface area contributed by atoms with E-state index in [-0.39, 0.29) is 28.3 Å². The number of imidazole rings is 1. The molecule has 1 saturated heterocycles. The smallest absolute Gasteiger partial charge is 0.196 e. The third-order valence-electron chi connectivity index (χ3n) is 5.17. The number of aliphatic hydroxyl groups is 3. The Morgan fingerprint density at radius 2 is 1.94 bits per heavy atom. The highest BCUT2D eigenvalue weighted by atomic mass is 32.2. The number of nitrogens with zero attached hydrogens (tertiary/aromatic N) is 4. The molecule has 5 atom stereocenters. The zero-order valence-electron chi connectivity index (χ0n) is 16.3. The van der Waals surface area contributed by atoms with E-state index in [1.165, 1.54) is 35.2 Å². The fourth-order valence-corrected chi connectivity index (χ4v) is 4.82. The highest BCUT2D eigenvalue weighted by molar-refractivity contribution is 8.06. The third kappa shape index (κ3) is 3.67. The predicted molar refractivity (Wildman–Crippen MR) is 110 cm³/mol. The minimum atomic E-state index is -4.45. The average Bonchev–Trinajstić information content (AvgIpc) is 3.30. The van der Waals surface area contributed by atoms with Crippen molar-refractivity contribution in [3.05, 3.63) is 42.5 Å². The largest absolute Gasteiger partial charge is 0.508 e. The molecule has 170 valence electrons. The van der Waals surface area contributed by atoms with Crippen molar-refractivity contribution >= 4 is 31.9 Å². The molecule has 0 bridgehead atoms. The van der Waals surface area contributed by atoms with Crippen molar-refractivity contribution in [2.75, 3.05) is 11.5 Å². The Balaban J connectivity index is 1.57. The summed E-state index contributed by atoms with van der Waals surface area (Å²) in [4.78, 5) is 11.8. The number of ether oxygens (including phenoxy) is 1. The number of hydrogen-bond donors (Lipinski definition) is 6. The zero-order chi connectivity index (χ0) is 23.2. The molecule has 4 rings (SSSR count). The van der Waals surface area contributed by atoms with Crippen LogP contribution in [0.3, 0.4) is 0 Å². The standard InChI is InChI=1S/C18H20N6O7S/c19-15-11-17(22-6-21-15)24(7-23-11)18-13(28)12(27)14(31-18)16(20)32(29,30)5-10(26)8-3-1-2-4-9(8)25/h1-4,6-7,10,12-14,18,20,25-28H,5H2,(H2,19,21,22)/t10?,12?,13?,14-,18+/m0/s1. The molecule has 2 aromatic heterocycles. The summed E-state index contributed by atoms with van der Waals surface area (Å²) in [6.07, 6.45) is -5.64. The van der Waals surface area contributed by atoms with Gasteiger partial charge >= 0.3 is 0 Å². The second-order valence-corrected chi connectivity index (χ2v) is 9.23. The fourth-order valence-electron chi connectivity index (χ4n) is 3.50. The zero-order valence-corrected chi connectivity index (χ0v) is 17.2. The Morgan fingerprint density at radius 1 is 1.22 bits per heavy atom. The number of anilines is 1. The number of rotatable bonds is 5. The molecule has 7 N–H and O–H groups in total. The maximum atomic E-state index is 12.7. The lowest BCUT2D eigenvalue weighted by Crippen LogP contribution is -2.40. The van der Waals surface area contributed by atoms with E-state index in [0.717, 1.165) is 6.33 Å². The van der Waals surface area contributed by atoms with Crippen LogP contribution in [-0.2, 0) is 14.6 Å². The van der Waals surface area contributed by atoms with Gasteiger partial charge in [0.1, 0.15) is 35.9 Å². The number of phenols is 1. The Morgan fingerprint density at radius 3 is 2.66 bits per heavy atom. The van der Waals surface area contributed by atoms with Gasteiger partial charge in [0.25, 0.3) is 0 Å². The first-order chi connectivity index (χ1) is 15.1. The average molecular weight is 464 g/mol. The Bertz CT molecular complexity index is 1280. The molecule has 1 aromatic carbocycles. The summed E-state index contributed by atoms with van der Waals surface area (Å²) >= 11 is 0. The molecular formula is C18H20N6O7S. The van der Waals surface area contributed by atoms with Crippen molar-refractivity contribution in [1.82, 2.24) is 19.5 Å². The van der Waals surface area contributed by atoms with Crippen LogP contribution in [0.5, 0.6) is 5.75 Å². The summed E-state index contributed by atoms with van der Waals surface area (Å²) in [6, 6.07) is 5.64. The number of hydrogen-bond acceptors (Lipinski definition) is 12. The quantitative estimate of drug-likeness (QED) is 0.196. The van der Waals surface area contributed by atoms with Crippen molar-refractivity contribution in [2.45, 2.75) is 30.6 Å². The van der Waals surface area contributed by atoms with Crippen LogP contribution in [0.4, 0.5) is 5.82 Å². The van der Waals surface area contributed by atoms with Gasteiger partial charge in [0.05, 0.1) is 18.2 Å². The van der Waals surface area contributed by atoms with E-state index in [4.69, 9.17) is 15.9 Å². The number of aromatic hydroxyl groups is 1. The van der Waals surface area contributed by atoms with E-state index in [1.54, 1.807) is 0 Å². The molecule has 14 heteroatoms. The van der Waals surface area contributed by atoms with E-state index < -0.39 is 51.3 Å². The predicted octanol–water partition coefficient (Wildman–Crippen LogP) is -1.14. The Hall–Kier alpha value is -3.17. The molecule has 32 heavy (non-hydrogen) atoms. The third-order valence-corrected chi connectivity index (χ3v) is 6.82. The van der Waals surface area contributed by atoms with Crippen molar-refractivity contribution < 1.29 is 33.6 Å². The van der Waals surface area contributed by atoms with Gasteiger partial charge in [-0.1, -0.05) is 18.2 Å². The second-order valence-electron chi connectivity index (χ2n) is 7.23. The molecule has 1 aliphatic rings. The Labute approximate surface area is 181 Å². The second kappa shape index (κ2) is 8.07. The first kappa shape index (κ1) is 22.0. The van der Waals surface area contributed by atoms with E-state index >= 15 is 0 Å². The highest BCUT2D eigenvalue weighted by Crippen LogP contribution is 2.34. The van der Waals surface area contributed by atoms with Crippen LogP contribution in [0.15, 0.2) is 36.9 Å². The van der Waals surface area contributed by atoms with Crippen LogP contribution < -0.4 is 5.73 Å². The number of phenolic OH excluding ortho intramolecular Hbond substituents is 1. The summed E-state index contributed by atoms with van der Waals surface area (Å²) in [5, 5.41) is 48.0. The monoisotopic (exact) mass is 464 g/mol. The van der Waals surface area contributed by atoms with E-state index in [2.05, 4.69) is 15.0 Å². The van der Waals surface area contributed by atoms with Gasteiger partial charge in [0.2, 0.25) is 0 Å². The number of nitrogen functional groups attached to an aromatic ring is 1. The molecule has 0 aliphatic carbocycles. The van der Waals surface area contributed by atoms with E-state index in [1.807, 2.05) is 0 Å². The number of nitrogens with two attached hydrogens (primary N) is 1.